The summed E-state index contributed by atoms with van der Waals surface area (Å²) in [4.78, 5) is 7.41. The van der Waals surface area contributed by atoms with Crippen molar-refractivity contribution in [1.29, 1.82) is 0 Å². The van der Waals surface area contributed by atoms with E-state index in [0.29, 0.717) is 0 Å². The number of anilines is 3. The van der Waals surface area contributed by atoms with E-state index in [1.165, 1.54) is 39.3 Å². The van der Waals surface area contributed by atoms with E-state index >= 15 is 0 Å². The van der Waals surface area contributed by atoms with E-state index in [1.54, 1.807) is 0 Å². The molecule has 3 nitrogen and oxygen atoms in total. The van der Waals surface area contributed by atoms with E-state index < -0.39 is 0 Å². The zero-order valence-electron chi connectivity index (χ0n) is 24.3. The van der Waals surface area contributed by atoms with Gasteiger partial charge in [-0.2, -0.15) is 0 Å². The van der Waals surface area contributed by atoms with Gasteiger partial charge in [-0.25, -0.2) is 4.98 Å². The lowest BCUT2D eigenvalue weighted by atomic mass is 9.73. The lowest BCUT2D eigenvalue weighted by Crippen LogP contribution is -2.30. The second kappa shape index (κ2) is 9.85. The van der Waals surface area contributed by atoms with Gasteiger partial charge in [0.1, 0.15) is 5.82 Å². The molecule has 7 aromatic rings. The molecule has 0 amide bonds. The molecule has 0 saturated heterocycles. The Hall–Kier alpha value is -5.41. The summed E-state index contributed by atoms with van der Waals surface area (Å²) in [5, 5.41) is 0. The summed E-state index contributed by atoms with van der Waals surface area (Å²) < 4.78 is 2.26. The monoisotopic (exact) mass is 553 g/mol. The van der Waals surface area contributed by atoms with Gasteiger partial charge in [-0.1, -0.05) is 111 Å². The zero-order chi connectivity index (χ0) is 29.0. The molecule has 0 atom stereocenters. The van der Waals surface area contributed by atoms with E-state index in [0.717, 1.165) is 28.1 Å². The highest BCUT2D eigenvalue weighted by Crippen LogP contribution is 2.52. The minimum Gasteiger partial charge on any atom is -0.310 e. The van der Waals surface area contributed by atoms with Crippen molar-refractivity contribution in [2.45, 2.75) is 19.3 Å². The topological polar surface area (TPSA) is 21.1 Å². The van der Waals surface area contributed by atoms with Crippen LogP contribution in [0.2, 0.25) is 0 Å². The zero-order valence-corrected chi connectivity index (χ0v) is 24.3. The van der Waals surface area contributed by atoms with Crippen molar-refractivity contribution in [2.75, 3.05) is 4.90 Å². The van der Waals surface area contributed by atoms with Crippen LogP contribution in [0.1, 0.15) is 25.0 Å². The van der Waals surface area contributed by atoms with Crippen LogP contribution in [-0.2, 0) is 5.41 Å². The summed E-state index contributed by atoms with van der Waals surface area (Å²) in [6.45, 7) is 4.68. The molecule has 0 saturated carbocycles. The van der Waals surface area contributed by atoms with Gasteiger partial charge < -0.3 is 4.90 Å². The number of hydrogen-bond donors (Lipinski definition) is 0. The van der Waals surface area contributed by atoms with Crippen molar-refractivity contribution in [1.82, 2.24) is 9.55 Å². The summed E-state index contributed by atoms with van der Waals surface area (Å²) in [5.74, 6) is 0.949. The number of nitrogens with zero attached hydrogens (tertiary/aromatic N) is 3. The lowest BCUT2D eigenvalue weighted by molar-refractivity contribution is 0.632. The molecule has 8 rings (SSSR count). The van der Waals surface area contributed by atoms with E-state index in [2.05, 4.69) is 163 Å². The Labute approximate surface area is 252 Å². The van der Waals surface area contributed by atoms with Crippen LogP contribution in [0.15, 0.2) is 152 Å². The first-order valence-electron chi connectivity index (χ1n) is 14.8. The third kappa shape index (κ3) is 4.08. The summed E-state index contributed by atoms with van der Waals surface area (Å²) >= 11 is 0. The Morgan fingerprint density at radius 1 is 0.488 bits per heavy atom. The molecule has 0 fully saturated rings. The van der Waals surface area contributed by atoms with Gasteiger partial charge in [0.15, 0.2) is 0 Å². The summed E-state index contributed by atoms with van der Waals surface area (Å²) in [6.07, 6.45) is 0. The summed E-state index contributed by atoms with van der Waals surface area (Å²) in [6, 6.07) is 54.1. The van der Waals surface area contributed by atoms with Gasteiger partial charge >= 0.3 is 0 Å². The van der Waals surface area contributed by atoms with E-state index in [1.807, 2.05) is 12.1 Å². The summed E-state index contributed by atoms with van der Waals surface area (Å²) in [5.41, 5.74) is 12.8. The van der Waals surface area contributed by atoms with E-state index in [9.17, 15) is 0 Å². The second-order valence-electron chi connectivity index (χ2n) is 11.7. The first-order valence-corrected chi connectivity index (χ1v) is 14.8. The molecule has 0 radical (unpaired) electrons. The van der Waals surface area contributed by atoms with Crippen LogP contribution in [0.3, 0.4) is 0 Å². The molecule has 0 unspecified atom stereocenters. The second-order valence-corrected chi connectivity index (χ2v) is 11.7. The maximum Gasteiger partial charge on any atom is 0.145 e. The number of imidazole rings is 1. The molecule has 1 aliphatic rings. The molecular formula is C40H31N3. The highest BCUT2D eigenvalue weighted by Gasteiger charge is 2.36. The van der Waals surface area contributed by atoms with Gasteiger partial charge in [0, 0.05) is 22.4 Å². The molecule has 3 heteroatoms. The number of fused-ring (bicyclic) bond motifs is 3. The molecule has 1 aromatic heterocycles. The van der Waals surface area contributed by atoms with Crippen LogP contribution < -0.4 is 4.90 Å². The fourth-order valence-corrected chi connectivity index (χ4v) is 6.61. The number of aromatic nitrogens is 2. The average Bonchev–Trinajstić information content (AvgIpc) is 3.46. The number of hydrogen-bond acceptors (Lipinski definition) is 2. The number of benzene rings is 6. The van der Waals surface area contributed by atoms with E-state index in [4.69, 9.17) is 4.98 Å². The Bertz CT molecular complexity index is 2090. The fraction of sp³-hybridized carbons (Fsp3) is 0.0750. The standard InChI is InChI=1S/C40H31N3/c1-40(2)33-17-9-11-19-36(33)42(31-15-7-4-8-16-31)37-26-23-30(27-34(37)40)28-21-24-32(25-22-28)43-38-20-12-10-18-35(38)41-39(43)29-13-5-3-6-14-29/h3-27H,1-2H3. The Morgan fingerprint density at radius 3 is 1.91 bits per heavy atom. The van der Waals surface area contributed by atoms with Crippen LogP contribution in [0, 0.1) is 0 Å². The van der Waals surface area contributed by atoms with Gasteiger partial charge in [-0.15, -0.1) is 0 Å². The van der Waals surface area contributed by atoms with Gasteiger partial charge in [0.05, 0.1) is 22.4 Å². The fourth-order valence-electron chi connectivity index (χ4n) is 6.61. The van der Waals surface area contributed by atoms with Crippen LogP contribution in [0.25, 0.3) is 39.2 Å². The predicted molar refractivity (Wildman–Crippen MR) is 179 cm³/mol. The van der Waals surface area contributed by atoms with Gasteiger partial charge in [0.2, 0.25) is 0 Å². The van der Waals surface area contributed by atoms with Crippen molar-refractivity contribution in [3.63, 3.8) is 0 Å². The molecule has 0 aliphatic carbocycles. The first kappa shape index (κ1) is 25.3. The first-order chi connectivity index (χ1) is 21.1. The molecular weight excluding hydrogens is 522 g/mol. The number of rotatable bonds is 4. The van der Waals surface area contributed by atoms with E-state index in [-0.39, 0.29) is 5.41 Å². The predicted octanol–water partition coefficient (Wildman–Crippen LogP) is 10.5. The molecule has 0 spiro atoms. The minimum atomic E-state index is -0.145. The third-order valence-electron chi connectivity index (χ3n) is 8.80. The Balaban J connectivity index is 1.23. The maximum absolute atomic E-state index is 5.01. The lowest BCUT2D eigenvalue weighted by Gasteiger charge is -2.42. The van der Waals surface area contributed by atoms with Crippen LogP contribution in [-0.4, -0.2) is 9.55 Å². The molecule has 2 heterocycles. The van der Waals surface area contributed by atoms with Crippen molar-refractivity contribution < 1.29 is 0 Å². The Morgan fingerprint density at radius 2 is 1.12 bits per heavy atom. The average molecular weight is 554 g/mol. The number of para-hydroxylation sites is 4. The molecule has 43 heavy (non-hydrogen) atoms. The van der Waals surface area contributed by atoms with Gasteiger partial charge in [-0.3, -0.25) is 4.57 Å². The molecule has 0 bridgehead atoms. The van der Waals surface area contributed by atoms with Crippen LogP contribution in [0.4, 0.5) is 17.1 Å². The van der Waals surface area contributed by atoms with Crippen LogP contribution in [0.5, 0.6) is 0 Å². The van der Waals surface area contributed by atoms with Crippen molar-refractivity contribution in [2.24, 2.45) is 0 Å². The molecule has 1 aliphatic heterocycles. The largest absolute Gasteiger partial charge is 0.310 e. The van der Waals surface area contributed by atoms with Gasteiger partial charge in [0.25, 0.3) is 0 Å². The van der Waals surface area contributed by atoms with Crippen molar-refractivity contribution in [3.05, 3.63) is 163 Å². The molecule has 0 N–H and O–H groups in total. The minimum absolute atomic E-state index is 0.145. The van der Waals surface area contributed by atoms with Crippen LogP contribution >= 0.6 is 0 Å². The third-order valence-corrected chi connectivity index (χ3v) is 8.80. The molecule has 6 aromatic carbocycles. The highest BCUT2D eigenvalue weighted by molar-refractivity contribution is 5.88. The Kier molecular flexibility index (Phi) is 5.80. The van der Waals surface area contributed by atoms with Crippen molar-refractivity contribution >= 4 is 28.1 Å². The highest BCUT2D eigenvalue weighted by atomic mass is 15.2. The quantitative estimate of drug-likeness (QED) is 0.216. The van der Waals surface area contributed by atoms with Gasteiger partial charge in [-0.05, 0) is 76.9 Å². The van der Waals surface area contributed by atoms with Crippen molar-refractivity contribution in [3.8, 4) is 28.2 Å². The summed E-state index contributed by atoms with van der Waals surface area (Å²) in [7, 11) is 0. The maximum atomic E-state index is 5.01. The molecule has 206 valence electrons. The smallest absolute Gasteiger partial charge is 0.145 e. The SMILES string of the molecule is CC1(C)c2ccccc2N(c2ccccc2)c2ccc(-c3ccc(-n4c(-c5ccccc5)nc5ccccc54)cc3)cc21. The normalized spacial score (nSPS) is 13.5.